The van der Waals surface area contributed by atoms with Gasteiger partial charge in [0.1, 0.15) is 6.04 Å². The van der Waals surface area contributed by atoms with Crippen LogP contribution < -0.4 is 9.62 Å². The zero-order valence-corrected chi connectivity index (χ0v) is 18.6. The lowest BCUT2D eigenvalue weighted by molar-refractivity contribution is -0.122. The molecular weight excluding hydrogens is 404 g/mol. The predicted molar refractivity (Wildman–Crippen MR) is 115 cm³/mol. The molecular formula is C19H29ClN2O3S2. The first-order valence-electron chi connectivity index (χ1n) is 9.39. The maximum Gasteiger partial charge on any atom is 0.243 e. The summed E-state index contributed by atoms with van der Waals surface area (Å²) in [6.45, 7) is 4.17. The summed E-state index contributed by atoms with van der Waals surface area (Å²) in [7, 11) is -3.65. The molecule has 1 aromatic rings. The molecule has 5 nitrogen and oxygen atoms in total. The molecule has 0 saturated heterocycles. The first-order chi connectivity index (χ1) is 12.7. The van der Waals surface area contributed by atoms with E-state index in [9.17, 15) is 13.2 Å². The van der Waals surface area contributed by atoms with Crippen molar-refractivity contribution in [3.05, 3.63) is 28.8 Å². The van der Waals surface area contributed by atoms with Crippen LogP contribution in [0.2, 0.25) is 5.02 Å². The summed E-state index contributed by atoms with van der Waals surface area (Å²) in [6, 6.07) is 4.28. The second kappa shape index (κ2) is 10.0. The summed E-state index contributed by atoms with van der Waals surface area (Å²) in [5.41, 5.74) is 1.21. The van der Waals surface area contributed by atoms with Crippen LogP contribution in [0.3, 0.4) is 0 Å². The SMILES string of the molecule is CC[C@@H](C(=O)NCCSC1CCCC1)N(c1cc(Cl)ccc1C)S(C)(=O)=O. The molecule has 8 heteroatoms. The number of sulfonamides is 1. The van der Waals surface area contributed by atoms with Crippen molar-refractivity contribution in [3.63, 3.8) is 0 Å². The fraction of sp³-hybridized carbons (Fsp3) is 0.632. The Labute approximate surface area is 172 Å². The summed E-state index contributed by atoms with van der Waals surface area (Å²) in [5, 5.41) is 4.05. The molecule has 1 aliphatic carbocycles. The third-order valence-corrected chi connectivity index (χ3v) is 7.58. The molecule has 1 aliphatic rings. The highest BCUT2D eigenvalue weighted by Gasteiger charge is 2.32. The number of amides is 1. The van der Waals surface area contributed by atoms with E-state index >= 15 is 0 Å². The Kier molecular flexibility index (Phi) is 8.31. The van der Waals surface area contributed by atoms with Gasteiger partial charge in [-0.1, -0.05) is 37.4 Å². The van der Waals surface area contributed by atoms with Crippen LogP contribution in [0.5, 0.6) is 0 Å². The number of thioether (sulfide) groups is 1. The van der Waals surface area contributed by atoms with Crippen molar-refractivity contribution in [2.45, 2.75) is 57.2 Å². The Morgan fingerprint density at radius 1 is 1.37 bits per heavy atom. The Hall–Kier alpha value is -0.920. The zero-order valence-electron chi connectivity index (χ0n) is 16.2. The normalized spacial score (nSPS) is 16.3. The first-order valence-corrected chi connectivity index (χ1v) is 12.7. The fourth-order valence-electron chi connectivity index (χ4n) is 3.43. The summed E-state index contributed by atoms with van der Waals surface area (Å²) in [6.07, 6.45) is 6.60. The number of carbonyl (C=O) groups excluding carboxylic acids is 1. The smallest absolute Gasteiger partial charge is 0.243 e. The molecule has 27 heavy (non-hydrogen) atoms. The third-order valence-electron chi connectivity index (χ3n) is 4.80. The second-order valence-corrected chi connectivity index (χ2v) is 10.7. The quantitative estimate of drug-likeness (QED) is 0.599. The summed E-state index contributed by atoms with van der Waals surface area (Å²) < 4.78 is 26.2. The third kappa shape index (κ3) is 6.29. The van der Waals surface area contributed by atoms with Gasteiger partial charge in [-0.05, 0) is 43.9 Å². The van der Waals surface area contributed by atoms with Gasteiger partial charge in [0.25, 0.3) is 0 Å². The summed E-state index contributed by atoms with van der Waals surface area (Å²) in [5.74, 6) is 0.580. The van der Waals surface area contributed by atoms with Crippen molar-refractivity contribution >= 4 is 45.0 Å². The minimum Gasteiger partial charge on any atom is -0.353 e. The Bertz CT molecular complexity index is 749. The van der Waals surface area contributed by atoms with Crippen LogP contribution in [0.15, 0.2) is 18.2 Å². The van der Waals surface area contributed by atoms with Crippen molar-refractivity contribution in [2.24, 2.45) is 0 Å². The number of nitrogens with one attached hydrogen (secondary N) is 1. The summed E-state index contributed by atoms with van der Waals surface area (Å²) in [4.78, 5) is 12.8. The Morgan fingerprint density at radius 3 is 2.63 bits per heavy atom. The largest absolute Gasteiger partial charge is 0.353 e. The highest BCUT2D eigenvalue weighted by Crippen LogP contribution is 2.30. The maximum atomic E-state index is 12.8. The average Bonchev–Trinajstić information content (AvgIpc) is 3.11. The Morgan fingerprint density at radius 2 is 2.04 bits per heavy atom. The molecule has 1 aromatic carbocycles. The van der Waals surface area contributed by atoms with Gasteiger partial charge in [-0.15, -0.1) is 0 Å². The second-order valence-electron chi connectivity index (χ2n) is 6.98. The van der Waals surface area contributed by atoms with Crippen molar-refractivity contribution in [2.75, 3.05) is 22.9 Å². The molecule has 0 spiro atoms. The van der Waals surface area contributed by atoms with E-state index in [-0.39, 0.29) is 5.91 Å². The number of hydrogen-bond acceptors (Lipinski definition) is 4. The number of anilines is 1. The predicted octanol–water partition coefficient (Wildman–Crippen LogP) is 3.99. The van der Waals surface area contributed by atoms with E-state index in [0.717, 1.165) is 17.6 Å². The van der Waals surface area contributed by atoms with E-state index in [0.29, 0.717) is 28.9 Å². The van der Waals surface area contributed by atoms with Crippen LogP contribution in [0.4, 0.5) is 5.69 Å². The van der Waals surface area contributed by atoms with Crippen molar-refractivity contribution < 1.29 is 13.2 Å². The van der Waals surface area contributed by atoms with Crippen LogP contribution in [0.1, 0.15) is 44.6 Å². The van der Waals surface area contributed by atoms with Crippen LogP contribution in [-0.2, 0) is 14.8 Å². The highest BCUT2D eigenvalue weighted by atomic mass is 35.5. The number of benzene rings is 1. The van der Waals surface area contributed by atoms with Crippen molar-refractivity contribution in [1.82, 2.24) is 5.32 Å². The molecule has 152 valence electrons. The Balaban J connectivity index is 2.09. The van der Waals surface area contributed by atoms with Gasteiger partial charge in [-0.25, -0.2) is 8.42 Å². The molecule has 0 aliphatic heterocycles. The van der Waals surface area contributed by atoms with Crippen LogP contribution in [-0.4, -0.2) is 44.2 Å². The van der Waals surface area contributed by atoms with E-state index in [2.05, 4.69) is 5.32 Å². The molecule has 2 rings (SSSR count). The van der Waals surface area contributed by atoms with E-state index < -0.39 is 16.1 Å². The summed E-state index contributed by atoms with van der Waals surface area (Å²) >= 11 is 7.97. The molecule has 1 atom stereocenters. The van der Waals surface area contributed by atoms with Gasteiger partial charge in [0.2, 0.25) is 15.9 Å². The minimum atomic E-state index is -3.65. The van der Waals surface area contributed by atoms with E-state index in [4.69, 9.17) is 11.6 Å². The number of carbonyl (C=O) groups is 1. The number of halogens is 1. The van der Waals surface area contributed by atoms with Gasteiger partial charge in [-0.3, -0.25) is 9.10 Å². The van der Waals surface area contributed by atoms with Crippen molar-refractivity contribution in [1.29, 1.82) is 0 Å². The number of rotatable bonds is 9. The number of hydrogen-bond donors (Lipinski definition) is 1. The van der Waals surface area contributed by atoms with Gasteiger partial charge in [0, 0.05) is 22.6 Å². The molecule has 0 bridgehead atoms. The van der Waals surface area contributed by atoms with E-state index in [1.165, 1.54) is 30.0 Å². The standard InChI is InChI=1S/C19H29ClN2O3S2/c1-4-17(19(23)21-11-12-26-16-7-5-6-8-16)22(27(3,24)25)18-13-15(20)10-9-14(18)2/h9-10,13,16-17H,4-8,11-12H2,1-3H3,(H,21,23)/t17-/m0/s1. The lowest BCUT2D eigenvalue weighted by Gasteiger charge is -2.31. The number of nitrogens with zero attached hydrogens (tertiary/aromatic N) is 1. The topological polar surface area (TPSA) is 66.5 Å². The lowest BCUT2D eigenvalue weighted by Crippen LogP contribution is -2.50. The molecule has 1 fully saturated rings. The van der Waals surface area contributed by atoms with Crippen molar-refractivity contribution in [3.8, 4) is 0 Å². The molecule has 1 saturated carbocycles. The molecule has 0 aromatic heterocycles. The van der Waals surface area contributed by atoms with Crippen LogP contribution in [0, 0.1) is 6.92 Å². The molecule has 1 N–H and O–H groups in total. The minimum absolute atomic E-state index is 0.269. The molecule has 0 radical (unpaired) electrons. The van der Waals surface area contributed by atoms with Gasteiger partial charge >= 0.3 is 0 Å². The van der Waals surface area contributed by atoms with E-state index in [1.807, 2.05) is 25.6 Å². The highest BCUT2D eigenvalue weighted by molar-refractivity contribution is 7.99. The average molecular weight is 433 g/mol. The maximum absolute atomic E-state index is 12.8. The van der Waals surface area contributed by atoms with Crippen LogP contribution >= 0.6 is 23.4 Å². The monoisotopic (exact) mass is 432 g/mol. The zero-order chi connectivity index (χ0) is 20.0. The molecule has 1 amide bonds. The van der Waals surface area contributed by atoms with Crippen LogP contribution in [0.25, 0.3) is 0 Å². The fourth-order valence-corrected chi connectivity index (χ4v) is 6.08. The van der Waals surface area contributed by atoms with Gasteiger partial charge in [0.05, 0.1) is 11.9 Å². The number of aryl methyl sites for hydroxylation is 1. The first kappa shape index (κ1) is 22.4. The lowest BCUT2D eigenvalue weighted by atomic mass is 10.1. The van der Waals surface area contributed by atoms with Gasteiger partial charge in [0.15, 0.2) is 0 Å². The molecule has 0 unspecified atom stereocenters. The molecule has 0 heterocycles. The van der Waals surface area contributed by atoms with E-state index in [1.54, 1.807) is 18.2 Å². The van der Waals surface area contributed by atoms with Gasteiger partial charge in [-0.2, -0.15) is 11.8 Å². The van der Waals surface area contributed by atoms with Gasteiger partial charge < -0.3 is 5.32 Å².